The van der Waals surface area contributed by atoms with Gasteiger partial charge in [0.2, 0.25) is 0 Å². The van der Waals surface area contributed by atoms with Gasteiger partial charge in [0.15, 0.2) is 0 Å². The van der Waals surface area contributed by atoms with Gasteiger partial charge in [-0.2, -0.15) is 0 Å². The van der Waals surface area contributed by atoms with Crippen molar-refractivity contribution in [2.45, 2.75) is 65.3 Å². The smallest absolute Gasteiger partial charge is 0.128 e. The average molecular weight is 290 g/mol. The normalized spacial score (nSPS) is 18.7. The molecule has 1 aromatic heterocycles. The highest BCUT2D eigenvalue weighted by molar-refractivity contribution is 5.41. The van der Waals surface area contributed by atoms with E-state index in [0.717, 1.165) is 17.7 Å². The van der Waals surface area contributed by atoms with Crippen LogP contribution in [0.5, 0.6) is 5.75 Å². The zero-order valence-electron chi connectivity index (χ0n) is 14.3. The molecule has 0 aromatic carbocycles. The van der Waals surface area contributed by atoms with Crippen molar-refractivity contribution in [1.29, 1.82) is 0 Å². The third-order valence-electron chi connectivity index (χ3n) is 5.54. The van der Waals surface area contributed by atoms with Gasteiger partial charge in [-0.3, -0.25) is 4.98 Å². The summed E-state index contributed by atoms with van der Waals surface area (Å²) in [6, 6.07) is 0.503. The lowest BCUT2D eigenvalue weighted by molar-refractivity contribution is 0.191. The number of aromatic nitrogens is 1. The molecule has 0 radical (unpaired) electrons. The molecule has 2 rings (SSSR count). The van der Waals surface area contributed by atoms with Gasteiger partial charge in [0.1, 0.15) is 5.75 Å². The van der Waals surface area contributed by atoms with Crippen LogP contribution < -0.4 is 10.1 Å². The first-order valence-electron chi connectivity index (χ1n) is 8.24. The number of aryl methyl sites for hydroxylation is 1. The number of pyridine rings is 1. The number of nitrogens with zero attached hydrogens (tertiary/aromatic N) is 1. The minimum atomic E-state index is 0.445. The summed E-state index contributed by atoms with van der Waals surface area (Å²) in [5.41, 5.74) is 3.94. The Balaban J connectivity index is 2.27. The maximum absolute atomic E-state index is 5.55. The van der Waals surface area contributed by atoms with Gasteiger partial charge in [0, 0.05) is 35.5 Å². The number of ether oxygens (including phenoxy) is 1. The molecule has 1 heterocycles. The Morgan fingerprint density at radius 2 is 2.00 bits per heavy atom. The maximum Gasteiger partial charge on any atom is 0.128 e. The van der Waals surface area contributed by atoms with Crippen molar-refractivity contribution < 1.29 is 4.74 Å². The molecule has 3 nitrogen and oxygen atoms in total. The van der Waals surface area contributed by atoms with Gasteiger partial charge in [-0.15, -0.1) is 0 Å². The molecule has 1 aromatic rings. The van der Waals surface area contributed by atoms with E-state index in [0.29, 0.717) is 11.5 Å². The summed E-state index contributed by atoms with van der Waals surface area (Å²) >= 11 is 0. The Bertz CT molecular complexity index is 478. The van der Waals surface area contributed by atoms with Crippen LogP contribution in [0.3, 0.4) is 0 Å². The summed E-state index contributed by atoms with van der Waals surface area (Å²) in [5.74, 6) is 0.992. The molecule has 1 unspecified atom stereocenters. The van der Waals surface area contributed by atoms with Gasteiger partial charge in [0.05, 0.1) is 7.11 Å². The second-order valence-corrected chi connectivity index (χ2v) is 6.51. The Morgan fingerprint density at radius 3 is 2.52 bits per heavy atom. The first-order chi connectivity index (χ1) is 10.1. The van der Waals surface area contributed by atoms with Gasteiger partial charge in [0.25, 0.3) is 0 Å². The molecule has 1 atom stereocenters. The zero-order chi connectivity index (χ0) is 15.5. The fraction of sp³-hybridized carbons (Fsp3) is 0.722. The van der Waals surface area contributed by atoms with Crippen LogP contribution in [0.2, 0.25) is 0 Å². The number of likely N-dealkylation sites (N-methyl/N-ethyl adjacent to an activating group) is 1. The van der Waals surface area contributed by atoms with E-state index in [1.54, 1.807) is 7.11 Å². The van der Waals surface area contributed by atoms with Gasteiger partial charge >= 0.3 is 0 Å². The summed E-state index contributed by atoms with van der Waals surface area (Å²) in [6.07, 6.45) is 9.62. The molecule has 0 spiro atoms. The van der Waals surface area contributed by atoms with Crippen LogP contribution in [-0.2, 0) is 6.42 Å². The standard InChI is InChI=1S/C18H30N2O/c1-6-18(9-7-8-10-18)16(19-4)11-15-14(3)17(21-5)13(2)12-20-15/h12,16,19H,6-11H2,1-5H3. The van der Waals surface area contributed by atoms with Crippen LogP contribution in [0, 0.1) is 19.3 Å². The summed E-state index contributed by atoms with van der Waals surface area (Å²) in [6.45, 7) is 6.53. The van der Waals surface area contributed by atoms with Crippen molar-refractivity contribution >= 4 is 0 Å². The minimum absolute atomic E-state index is 0.445. The average Bonchev–Trinajstić information content (AvgIpc) is 2.97. The molecular formula is C18H30N2O. The largest absolute Gasteiger partial charge is 0.496 e. The summed E-state index contributed by atoms with van der Waals surface area (Å²) in [5, 5.41) is 3.58. The molecular weight excluding hydrogens is 260 g/mol. The fourth-order valence-corrected chi connectivity index (χ4v) is 4.12. The minimum Gasteiger partial charge on any atom is -0.496 e. The SMILES string of the molecule is CCC1(C(Cc2ncc(C)c(OC)c2C)NC)CCCC1. The molecule has 21 heavy (non-hydrogen) atoms. The van der Waals surface area contributed by atoms with E-state index in [1.165, 1.54) is 43.4 Å². The lowest BCUT2D eigenvalue weighted by atomic mass is 9.74. The van der Waals surface area contributed by atoms with Crippen LogP contribution in [0.1, 0.15) is 55.8 Å². The van der Waals surface area contributed by atoms with E-state index in [9.17, 15) is 0 Å². The predicted octanol–water partition coefficient (Wildman–Crippen LogP) is 3.81. The highest BCUT2D eigenvalue weighted by Gasteiger charge is 2.39. The number of nitrogens with one attached hydrogen (secondary N) is 1. The molecule has 1 aliphatic carbocycles. The monoisotopic (exact) mass is 290 g/mol. The second kappa shape index (κ2) is 6.78. The van der Waals surface area contributed by atoms with Crippen LogP contribution in [0.4, 0.5) is 0 Å². The zero-order valence-corrected chi connectivity index (χ0v) is 14.3. The summed E-state index contributed by atoms with van der Waals surface area (Å²) in [7, 11) is 3.85. The molecule has 1 aliphatic rings. The van der Waals surface area contributed by atoms with E-state index in [2.05, 4.69) is 33.1 Å². The fourth-order valence-electron chi connectivity index (χ4n) is 4.12. The van der Waals surface area contributed by atoms with E-state index < -0.39 is 0 Å². The first kappa shape index (κ1) is 16.3. The van der Waals surface area contributed by atoms with E-state index in [-0.39, 0.29) is 0 Å². The van der Waals surface area contributed by atoms with Crippen LogP contribution in [0.25, 0.3) is 0 Å². The molecule has 3 heteroatoms. The van der Waals surface area contributed by atoms with Crippen LogP contribution in [0.15, 0.2) is 6.20 Å². The quantitative estimate of drug-likeness (QED) is 0.865. The third-order valence-corrected chi connectivity index (χ3v) is 5.54. The van der Waals surface area contributed by atoms with E-state index in [1.807, 2.05) is 6.20 Å². The Hall–Kier alpha value is -1.09. The number of methoxy groups -OCH3 is 1. The molecule has 0 aliphatic heterocycles. The maximum atomic E-state index is 5.55. The van der Waals surface area contributed by atoms with Crippen molar-refractivity contribution in [3.05, 3.63) is 23.0 Å². The predicted molar refractivity (Wildman–Crippen MR) is 88.0 cm³/mol. The molecule has 0 bridgehead atoms. The van der Waals surface area contributed by atoms with Gasteiger partial charge < -0.3 is 10.1 Å². The van der Waals surface area contributed by atoms with Crippen LogP contribution >= 0.6 is 0 Å². The van der Waals surface area contributed by atoms with Crippen molar-refractivity contribution in [3.8, 4) is 5.75 Å². The van der Waals surface area contributed by atoms with E-state index >= 15 is 0 Å². The molecule has 1 saturated carbocycles. The Kier molecular flexibility index (Phi) is 5.26. The molecule has 1 N–H and O–H groups in total. The Labute approximate surface area is 129 Å². The molecule has 1 fully saturated rings. The highest BCUT2D eigenvalue weighted by atomic mass is 16.5. The first-order valence-corrected chi connectivity index (χ1v) is 8.24. The third kappa shape index (κ3) is 3.08. The van der Waals surface area contributed by atoms with Crippen molar-refractivity contribution in [2.24, 2.45) is 5.41 Å². The lowest BCUT2D eigenvalue weighted by Gasteiger charge is -2.37. The van der Waals surface area contributed by atoms with E-state index in [4.69, 9.17) is 9.72 Å². The molecule has 0 saturated heterocycles. The second-order valence-electron chi connectivity index (χ2n) is 6.51. The topological polar surface area (TPSA) is 34.1 Å². The van der Waals surface area contributed by atoms with Crippen molar-refractivity contribution in [3.63, 3.8) is 0 Å². The van der Waals surface area contributed by atoms with Crippen LogP contribution in [-0.4, -0.2) is 25.2 Å². The van der Waals surface area contributed by atoms with Gasteiger partial charge in [-0.25, -0.2) is 0 Å². The summed E-state index contributed by atoms with van der Waals surface area (Å²) < 4.78 is 5.55. The molecule has 0 amide bonds. The number of rotatable bonds is 6. The van der Waals surface area contributed by atoms with Crippen molar-refractivity contribution in [2.75, 3.05) is 14.2 Å². The van der Waals surface area contributed by atoms with Gasteiger partial charge in [-0.05, 0) is 45.6 Å². The summed E-state index contributed by atoms with van der Waals surface area (Å²) in [4.78, 5) is 4.69. The number of hydrogen-bond donors (Lipinski definition) is 1. The van der Waals surface area contributed by atoms with Gasteiger partial charge in [-0.1, -0.05) is 19.8 Å². The highest BCUT2D eigenvalue weighted by Crippen LogP contribution is 2.44. The molecule has 118 valence electrons. The lowest BCUT2D eigenvalue weighted by Crippen LogP contribution is -2.43. The van der Waals surface area contributed by atoms with Crippen molar-refractivity contribution in [1.82, 2.24) is 10.3 Å². The Morgan fingerprint density at radius 1 is 1.33 bits per heavy atom. The number of hydrogen-bond acceptors (Lipinski definition) is 3.